The second-order valence-corrected chi connectivity index (χ2v) is 9.61. The third-order valence-corrected chi connectivity index (χ3v) is 7.19. The monoisotopic (exact) mass is 438 g/mol. The number of rotatable bonds is 4. The van der Waals surface area contributed by atoms with Crippen LogP contribution in [-0.2, 0) is 6.67 Å². The summed E-state index contributed by atoms with van der Waals surface area (Å²) in [5.41, 5.74) is 0.874. The normalized spacial score (nSPS) is 23.2. The lowest BCUT2D eigenvalue weighted by atomic mass is 9.78. The molecule has 0 unspecified atom stereocenters. The van der Waals surface area contributed by atoms with Crippen LogP contribution < -0.4 is 0 Å². The van der Waals surface area contributed by atoms with Gasteiger partial charge in [-0.25, -0.2) is 4.68 Å². The molecule has 152 valence electrons. The number of hydrogen-bond acceptors (Lipinski definition) is 3. The molecule has 1 aromatic heterocycles. The molecule has 0 radical (unpaired) electrons. The molecule has 2 aliphatic rings. The van der Waals surface area contributed by atoms with Crippen molar-refractivity contribution < 1.29 is 0 Å². The molecule has 1 aliphatic carbocycles. The number of halogens is 2. The minimum Gasteiger partial charge on any atom is -0.297 e. The zero-order valence-electron chi connectivity index (χ0n) is 16.6. The average Bonchev–Trinajstić information content (AvgIpc) is 2.98. The van der Waals surface area contributed by atoms with Gasteiger partial charge in [0.1, 0.15) is 0 Å². The van der Waals surface area contributed by atoms with E-state index in [0.29, 0.717) is 16.1 Å². The molecular formula is C21H28Cl2N4S. The van der Waals surface area contributed by atoms with Crippen molar-refractivity contribution in [1.29, 1.82) is 0 Å². The smallest absolute Gasteiger partial charge is 0.199 e. The van der Waals surface area contributed by atoms with Crippen molar-refractivity contribution in [2.45, 2.75) is 71.1 Å². The largest absolute Gasteiger partial charge is 0.297 e. The highest BCUT2D eigenvalue weighted by Crippen LogP contribution is 2.36. The predicted octanol–water partition coefficient (Wildman–Crippen LogP) is 6.58. The van der Waals surface area contributed by atoms with Crippen LogP contribution >= 0.6 is 35.4 Å². The zero-order valence-corrected chi connectivity index (χ0v) is 18.9. The average molecular weight is 439 g/mol. The maximum atomic E-state index is 6.49. The van der Waals surface area contributed by atoms with Gasteiger partial charge in [0.15, 0.2) is 10.6 Å². The quantitative estimate of drug-likeness (QED) is 0.503. The molecule has 4 rings (SSSR count). The first-order valence-corrected chi connectivity index (χ1v) is 11.5. The molecule has 0 spiro atoms. The van der Waals surface area contributed by atoms with Crippen LogP contribution in [0.2, 0.25) is 10.0 Å². The number of benzene rings is 1. The molecule has 2 heterocycles. The highest BCUT2D eigenvalue weighted by molar-refractivity contribution is 7.71. The van der Waals surface area contributed by atoms with E-state index in [2.05, 4.69) is 23.3 Å². The number of fused-ring (bicyclic) bond motifs is 1. The van der Waals surface area contributed by atoms with Crippen LogP contribution in [0.5, 0.6) is 0 Å². The second-order valence-electron chi connectivity index (χ2n) is 8.40. The summed E-state index contributed by atoms with van der Waals surface area (Å²) >= 11 is 18.4. The summed E-state index contributed by atoms with van der Waals surface area (Å²) in [5.74, 6) is 1.66. The van der Waals surface area contributed by atoms with Crippen molar-refractivity contribution >= 4 is 35.4 Å². The van der Waals surface area contributed by atoms with Gasteiger partial charge < -0.3 is 0 Å². The van der Waals surface area contributed by atoms with Crippen molar-refractivity contribution in [3.63, 3.8) is 0 Å². The highest BCUT2D eigenvalue weighted by atomic mass is 35.5. The molecule has 0 bridgehead atoms. The van der Waals surface area contributed by atoms with Gasteiger partial charge in [0, 0.05) is 29.2 Å². The molecule has 1 saturated carbocycles. The lowest BCUT2D eigenvalue weighted by Gasteiger charge is -2.43. The van der Waals surface area contributed by atoms with E-state index in [4.69, 9.17) is 40.5 Å². The Bertz CT molecular complexity index is 902. The van der Waals surface area contributed by atoms with Gasteiger partial charge in [0.25, 0.3) is 0 Å². The number of hydrogen-bond donors (Lipinski definition) is 0. The van der Waals surface area contributed by atoms with E-state index >= 15 is 0 Å². The minimum atomic E-state index is 0.201. The van der Waals surface area contributed by atoms with Crippen molar-refractivity contribution in [3.05, 3.63) is 33.0 Å². The Balaban J connectivity index is 1.69. The molecule has 1 saturated heterocycles. The van der Waals surface area contributed by atoms with Crippen molar-refractivity contribution in [2.75, 3.05) is 6.54 Å². The first-order chi connectivity index (χ1) is 13.5. The van der Waals surface area contributed by atoms with E-state index in [1.54, 1.807) is 6.07 Å². The fraction of sp³-hybridized carbons (Fsp3) is 0.619. The van der Waals surface area contributed by atoms with Crippen molar-refractivity contribution in [3.8, 4) is 11.4 Å². The van der Waals surface area contributed by atoms with E-state index in [1.807, 2.05) is 16.8 Å². The van der Waals surface area contributed by atoms with Crippen LogP contribution in [0.1, 0.15) is 58.4 Å². The van der Waals surface area contributed by atoms with E-state index in [-0.39, 0.29) is 6.04 Å². The van der Waals surface area contributed by atoms with Crippen molar-refractivity contribution in [1.82, 2.24) is 19.2 Å². The van der Waals surface area contributed by atoms with Crippen molar-refractivity contribution in [2.24, 2.45) is 5.92 Å². The molecule has 7 heteroatoms. The maximum Gasteiger partial charge on any atom is 0.199 e. The van der Waals surface area contributed by atoms with E-state index in [1.165, 1.54) is 38.5 Å². The van der Waals surface area contributed by atoms with Crippen LogP contribution in [0.15, 0.2) is 18.2 Å². The van der Waals surface area contributed by atoms with Crippen LogP contribution in [0.4, 0.5) is 0 Å². The molecule has 0 amide bonds. The molecule has 0 N–H and O–H groups in total. The van der Waals surface area contributed by atoms with Gasteiger partial charge in [-0.2, -0.15) is 5.10 Å². The first-order valence-electron chi connectivity index (χ1n) is 10.3. The third kappa shape index (κ3) is 3.91. The summed E-state index contributed by atoms with van der Waals surface area (Å²) in [5, 5.41) is 6.16. The van der Waals surface area contributed by atoms with Crippen LogP contribution in [0.25, 0.3) is 11.4 Å². The fourth-order valence-corrected chi connectivity index (χ4v) is 5.80. The van der Waals surface area contributed by atoms with Gasteiger partial charge >= 0.3 is 0 Å². The maximum absolute atomic E-state index is 6.49. The SMILES string of the molecule is CC(C)n1c(-c2ccc(Cl)cc2Cl)nn(CN2CCC[C@@H]3CCCC[C@H]32)c1=S. The van der Waals surface area contributed by atoms with Gasteiger partial charge in [-0.1, -0.05) is 36.0 Å². The van der Waals surface area contributed by atoms with Gasteiger partial charge in [-0.05, 0) is 75.9 Å². The van der Waals surface area contributed by atoms with Gasteiger partial charge in [-0.3, -0.25) is 9.47 Å². The van der Waals surface area contributed by atoms with Gasteiger partial charge in [-0.15, -0.1) is 0 Å². The Morgan fingerprint density at radius 3 is 2.64 bits per heavy atom. The summed E-state index contributed by atoms with van der Waals surface area (Å²) in [7, 11) is 0. The molecule has 4 nitrogen and oxygen atoms in total. The molecule has 28 heavy (non-hydrogen) atoms. The minimum absolute atomic E-state index is 0.201. The first kappa shape index (κ1) is 20.4. The number of nitrogens with zero attached hydrogens (tertiary/aromatic N) is 4. The van der Waals surface area contributed by atoms with Crippen LogP contribution in [-0.4, -0.2) is 31.8 Å². The lowest BCUT2D eigenvalue weighted by Crippen LogP contribution is -2.47. The summed E-state index contributed by atoms with van der Waals surface area (Å²) in [4.78, 5) is 2.61. The zero-order chi connectivity index (χ0) is 19.8. The number of piperidine rings is 1. The molecular weight excluding hydrogens is 411 g/mol. The van der Waals surface area contributed by atoms with E-state index in [9.17, 15) is 0 Å². The second kappa shape index (κ2) is 8.47. The summed E-state index contributed by atoms with van der Waals surface area (Å²) in [6.45, 7) is 6.16. The van der Waals surface area contributed by atoms with E-state index in [0.717, 1.165) is 35.3 Å². The number of likely N-dealkylation sites (tertiary alicyclic amines) is 1. The Kier molecular flexibility index (Phi) is 6.17. The standard InChI is InChI=1S/C21H28Cl2N4S/c1-14(2)27-20(17-10-9-16(22)12-18(17)23)24-26(21(27)28)13-25-11-5-7-15-6-3-4-8-19(15)25/h9-10,12,14-15,19H,3-8,11,13H2,1-2H3/t15-,19+/m0/s1. The predicted molar refractivity (Wildman–Crippen MR) is 119 cm³/mol. The molecule has 2 fully saturated rings. The third-order valence-electron chi connectivity index (χ3n) is 6.23. The fourth-order valence-electron chi connectivity index (χ4n) is 4.91. The van der Waals surface area contributed by atoms with Crippen LogP contribution in [0, 0.1) is 10.7 Å². The Hall–Kier alpha value is -0.880. The van der Waals surface area contributed by atoms with Gasteiger partial charge in [0.05, 0.1) is 11.7 Å². The molecule has 2 aromatic rings. The van der Waals surface area contributed by atoms with E-state index < -0.39 is 0 Å². The molecule has 1 aliphatic heterocycles. The Morgan fingerprint density at radius 2 is 1.89 bits per heavy atom. The molecule has 2 atom stereocenters. The molecule has 1 aromatic carbocycles. The highest BCUT2D eigenvalue weighted by Gasteiger charge is 2.33. The topological polar surface area (TPSA) is 26.0 Å². The van der Waals surface area contributed by atoms with Gasteiger partial charge in [0.2, 0.25) is 0 Å². The summed E-state index contributed by atoms with van der Waals surface area (Å²) in [6.07, 6.45) is 8.05. The Morgan fingerprint density at radius 1 is 1.14 bits per heavy atom. The Labute approximate surface area is 182 Å². The lowest BCUT2D eigenvalue weighted by molar-refractivity contribution is 0.0323. The van der Waals surface area contributed by atoms with Crippen LogP contribution in [0.3, 0.4) is 0 Å². The summed E-state index contributed by atoms with van der Waals surface area (Å²) < 4.78 is 4.85. The summed E-state index contributed by atoms with van der Waals surface area (Å²) in [6, 6.07) is 6.43. The number of aromatic nitrogens is 3.